The molecule has 0 amide bonds. The molecule has 4 aliphatic carbocycles. The van der Waals surface area contributed by atoms with Crippen molar-refractivity contribution in [2.45, 2.75) is 20.3 Å². The predicted molar refractivity (Wildman–Crippen MR) is 63.5 cm³/mol. The maximum absolute atomic E-state index is 11.7. The lowest BCUT2D eigenvalue weighted by molar-refractivity contribution is -0.158. The van der Waals surface area contributed by atoms with E-state index >= 15 is 0 Å². The van der Waals surface area contributed by atoms with Gasteiger partial charge in [-0.1, -0.05) is 13.8 Å². The van der Waals surface area contributed by atoms with E-state index in [1.807, 2.05) is 0 Å². The summed E-state index contributed by atoms with van der Waals surface area (Å²) < 4.78 is 4.72. The molecular formula is C14H20O4. The van der Waals surface area contributed by atoms with Crippen molar-refractivity contribution >= 4 is 11.9 Å². The summed E-state index contributed by atoms with van der Waals surface area (Å²) in [6.45, 7) is 3.94. The Morgan fingerprint density at radius 1 is 1.28 bits per heavy atom. The number of hydrogen-bond donors (Lipinski definition) is 1. The first-order chi connectivity index (χ1) is 8.49. The van der Waals surface area contributed by atoms with E-state index in [9.17, 15) is 14.7 Å². The Bertz CT molecular complexity index is 405. The number of aliphatic carboxylic acids is 1. The van der Waals surface area contributed by atoms with Gasteiger partial charge < -0.3 is 9.84 Å². The Morgan fingerprint density at radius 2 is 1.94 bits per heavy atom. The predicted octanol–water partition coefficient (Wildman–Crippen LogP) is 1.64. The molecule has 4 heteroatoms. The zero-order valence-corrected chi connectivity index (χ0v) is 11.0. The molecule has 8 unspecified atom stereocenters. The molecule has 0 saturated heterocycles. The van der Waals surface area contributed by atoms with Crippen LogP contribution >= 0.6 is 0 Å². The number of hydrogen-bond acceptors (Lipinski definition) is 3. The minimum absolute atomic E-state index is 0.196. The molecular weight excluding hydrogens is 232 g/mol. The summed E-state index contributed by atoms with van der Waals surface area (Å²) in [4.78, 5) is 23.2. The number of ether oxygens (including phenoxy) is 1. The second-order valence-corrected chi connectivity index (χ2v) is 6.33. The zero-order valence-electron chi connectivity index (χ0n) is 11.0. The summed E-state index contributed by atoms with van der Waals surface area (Å²) in [5.74, 6) is 1.10. The fourth-order valence-corrected chi connectivity index (χ4v) is 5.18. The highest BCUT2D eigenvalue weighted by molar-refractivity contribution is 5.81. The number of methoxy groups -OCH3 is 1. The number of rotatable bonds is 4. The van der Waals surface area contributed by atoms with Crippen molar-refractivity contribution in [2.24, 2.45) is 47.3 Å². The first-order valence-electron chi connectivity index (χ1n) is 6.79. The molecule has 4 nitrogen and oxygen atoms in total. The van der Waals surface area contributed by atoms with Crippen molar-refractivity contribution in [3.05, 3.63) is 0 Å². The van der Waals surface area contributed by atoms with Crippen LogP contribution in [-0.4, -0.2) is 24.2 Å². The van der Waals surface area contributed by atoms with E-state index in [-0.39, 0.29) is 5.92 Å². The third-order valence-electron chi connectivity index (χ3n) is 5.87. The van der Waals surface area contributed by atoms with E-state index in [0.29, 0.717) is 17.8 Å². The van der Waals surface area contributed by atoms with Gasteiger partial charge in [-0.25, -0.2) is 0 Å². The van der Waals surface area contributed by atoms with Crippen LogP contribution in [0.5, 0.6) is 0 Å². The van der Waals surface area contributed by atoms with Gasteiger partial charge in [0.25, 0.3) is 0 Å². The van der Waals surface area contributed by atoms with Crippen LogP contribution in [0.25, 0.3) is 0 Å². The molecule has 4 rings (SSSR count). The lowest BCUT2D eigenvalue weighted by Gasteiger charge is -2.28. The normalized spacial score (nSPS) is 46.6. The van der Waals surface area contributed by atoms with E-state index in [1.54, 1.807) is 6.92 Å². The minimum atomic E-state index is -0.830. The van der Waals surface area contributed by atoms with Crippen molar-refractivity contribution in [1.29, 1.82) is 0 Å². The molecule has 4 bridgehead atoms. The molecule has 4 aliphatic rings. The van der Waals surface area contributed by atoms with Crippen LogP contribution < -0.4 is 0 Å². The van der Waals surface area contributed by atoms with Crippen molar-refractivity contribution < 1.29 is 19.4 Å². The summed E-state index contributed by atoms with van der Waals surface area (Å²) in [5, 5.41) is 9.50. The Morgan fingerprint density at radius 3 is 2.28 bits per heavy atom. The fraction of sp³-hybridized carbons (Fsp3) is 0.857. The molecule has 0 aromatic carbocycles. The average molecular weight is 252 g/mol. The molecule has 4 saturated carbocycles. The monoisotopic (exact) mass is 252 g/mol. The first-order valence-corrected chi connectivity index (χ1v) is 6.79. The molecule has 18 heavy (non-hydrogen) atoms. The molecule has 1 N–H and O–H groups in total. The topological polar surface area (TPSA) is 63.6 Å². The highest BCUT2D eigenvalue weighted by Gasteiger charge is 2.74. The van der Waals surface area contributed by atoms with Crippen molar-refractivity contribution in [1.82, 2.24) is 0 Å². The van der Waals surface area contributed by atoms with E-state index in [4.69, 9.17) is 4.74 Å². The molecule has 0 radical (unpaired) electrons. The van der Waals surface area contributed by atoms with Gasteiger partial charge in [0.2, 0.25) is 0 Å². The smallest absolute Gasteiger partial charge is 0.309 e. The van der Waals surface area contributed by atoms with E-state index in [1.165, 1.54) is 13.5 Å². The van der Waals surface area contributed by atoms with Gasteiger partial charge >= 0.3 is 11.9 Å². The maximum Gasteiger partial charge on any atom is 0.309 e. The van der Waals surface area contributed by atoms with Crippen molar-refractivity contribution in [3.63, 3.8) is 0 Å². The minimum Gasteiger partial charge on any atom is -0.481 e. The zero-order chi connectivity index (χ0) is 13.2. The van der Waals surface area contributed by atoms with Gasteiger partial charge in [0.1, 0.15) is 0 Å². The summed E-state index contributed by atoms with van der Waals surface area (Å²) in [6.07, 6.45) is 1.18. The standard InChI is InChI=1S/C14H20O4/c1-5-7-4-8-9(5)12(8)11(7)10(13(15)16)6(2)14(17)18-3/h5-12H,4H2,1-3H3,(H,15,16). The highest BCUT2D eigenvalue weighted by atomic mass is 16.5. The van der Waals surface area contributed by atoms with Gasteiger partial charge in [0.15, 0.2) is 0 Å². The third kappa shape index (κ3) is 1.32. The van der Waals surface area contributed by atoms with E-state index in [2.05, 4.69) is 6.92 Å². The van der Waals surface area contributed by atoms with Gasteiger partial charge in [-0.2, -0.15) is 0 Å². The van der Waals surface area contributed by atoms with Crippen LogP contribution in [0.15, 0.2) is 0 Å². The van der Waals surface area contributed by atoms with Crippen LogP contribution in [0.1, 0.15) is 20.3 Å². The molecule has 0 aromatic rings. The number of carbonyl (C=O) groups is 2. The summed E-state index contributed by atoms with van der Waals surface area (Å²) in [7, 11) is 1.33. The van der Waals surface area contributed by atoms with Crippen LogP contribution in [0.3, 0.4) is 0 Å². The van der Waals surface area contributed by atoms with Gasteiger partial charge in [-0.05, 0) is 41.9 Å². The van der Waals surface area contributed by atoms with Gasteiger partial charge in [-0.15, -0.1) is 0 Å². The number of esters is 1. The van der Waals surface area contributed by atoms with Crippen LogP contribution in [0.2, 0.25) is 0 Å². The third-order valence-corrected chi connectivity index (χ3v) is 5.87. The Kier molecular flexibility index (Phi) is 2.48. The number of carbonyl (C=O) groups excluding carboxylic acids is 1. The van der Waals surface area contributed by atoms with Crippen molar-refractivity contribution in [2.75, 3.05) is 7.11 Å². The number of carboxylic acid groups (broad SMARTS) is 1. The molecule has 0 spiro atoms. The van der Waals surface area contributed by atoms with Gasteiger partial charge in [-0.3, -0.25) is 9.59 Å². The summed E-state index contributed by atoms with van der Waals surface area (Å²) in [6, 6.07) is 0. The Labute approximate surface area is 107 Å². The van der Waals surface area contributed by atoms with E-state index in [0.717, 1.165) is 11.8 Å². The summed E-state index contributed by atoms with van der Waals surface area (Å²) in [5.41, 5.74) is 0. The lowest BCUT2D eigenvalue weighted by atomic mass is 9.76. The van der Waals surface area contributed by atoms with Gasteiger partial charge in [0, 0.05) is 0 Å². The van der Waals surface area contributed by atoms with Crippen LogP contribution in [-0.2, 0) is 14.3 Å². The Hall–Kier alpha value is -1.06. The SMILES string of the molecule is COC(=O)C(C)C(C(=O)O)C1C2CC3C(C2C)C31. The second kappa shape index (κ2) is 3.72. The molecule has 8 atom stereocenters. The maximum atomic E-state index is 11.7. The van der Waals surface area contributed by atoms with E-state index < -0.39 is 23.8 Å². The fourth-order valence-electron chi connectivity index (χ4n) is 5.18. The molecule has 100 valence electrons. The van der Waals surface area contributed by atoms with Crippen molar-refractivity contribution in [3.8, 4) is 0 Å². The lowest BCUT2D eigenvalue weighted by Crippen LogP contribution is -2.36. The summed E-state index contributed by atoms with van der Waals surface area (Å²) >= 11 is 0. The van der Waals surface area contributed by atoms with Gasteiger partial charge in [0.05, 0.1) is 18.9 Å². The molecule has 0 aromatic heterocycles. The second-order valence-electron chi connectivity index (χ2n) is 6.33. The number of carboxylic acids is 1. The molecule has 0 heterocycles. The average Bonchev–Trinajstić information content (AvgIpc) is 2.61. The highest BCUT2D eigenvalue weighted by Crippen LogP contribution is 2.77. The largest absolute Gasteiger partial charge is 0.481 e. The van der Waals surface area contributed by atoms with Crippen LogP contribution in [0, 0.1) is 47.3 Å². The molecule has 4 fully saturated rings. The molecule has 0 aliphatic heterocycles. The quantitative estimate of drug-likeness (QED) is 0.773. The first kappa shape index (κ1) is 12.0. The van der Waals surface area contributed by atoms with Crippen LogP contribution in [0.4, 0.5) is 0 Å². The Balaban J connectivity index is 1.84.